The minimum atomic E-state index is -0.156. The molecule has 0 saturated heterocycles. The fourth-order valence-electron chi connectivity index (χ4n) is 2.13. The lowest BCUT2D eigenvalue weighted by Gasteiger charge is -2.28. The zero-order valence-corrected chi connectivity index (χ0v) is 14.8. The molecule has 1 aromatic heterocycles. The van der Waals surface area contributed by atoms with Crippen molar-refractivity contribution in [1.82, 2.24) is 15.2 Å². The maximum atomic E-state index is 12.2. The van der Waals surface area contributed by atoms with Crippen LogP contribution < -0.4 is 5.32 Å². The molecule has 1 heterocycles. The van der Waals surface area contributed by atoms with E-state index in [0.29, 0.717) is 6.54 Å². The number of para-hydroxylation sites is 1. The van der Waals surface area contributed by atoms with E-state index in [-0.39, 0.29) is 17.5 Å². The highest BCUT2D eigenvalue weighted by molar-refractivity contribution is 7.18. The van der Waals surface area contributed by atoms with E-state index >= 15 is 0 Å². The number of rotatable bonds is 6. The van der Waals surface area contributed by atoms with Crippen LogP contribution in [0.4, 0.5) is 0 Å². The van der Waals surface area contributed by atoms with Crippen molar-refractivity contribution in [3.05, 3.63) is 29.3 Å². The summed E-state index contributed by atoms with van der Waals surface area (Å²) in [5, 5.41) is 4.12. The van der Waals surface area contributed by atoms with Gasteiger partial charge in [0.25, 0.3) is 0 Å². The van der Waals surface area contributed by atoms with Crippen LogP contribution in [-0.4, -0.2) is 34.9 Å². The molecular weight excluding hydrogens is 294 g/mol. The van der Waals surface area contributed by atoms with Gasteiger partial charge < -0.3 is 5.32 Å². The number of fused-ring (bicyclic) bond motifs is 1. The van der Waals surface area contributed by atoms with Crippen molar-refractivity contribution in [2.75, 3.05) is 13.6 Å². The zero-order chi connectivity index (χ0) is 16.3. The Labute approximate surface area is 136 Å². The summed E-state index contributed by atoms with van der Waals surface area (Å²) in [6.45, 7) is 8.63. The molecule has 0 bridgehead atoms. The molecule has 0 aliphatic rings. The van der Waals surface area contributed by atoms with Crippen LogP contribution in [0.2, 0.25) is 0 Å². The van der Waals surface area contributed by atoms with Gasteiger partial charge in [0, 0.05) is 5.54 Å². The highest BCUT2D eigenvalue weighted by Gasteiger charge is 2.22. The summed E-state index contributed by atoms with van der Waals surface area (Å²) in [4.78, 5) is 18.9. The molecule has 22 heavy (non-hydrogen) atoms. The number of nitrogens with zero attached hydrogens (tertiary/aromatic N) is 2. The van der Waals surface area contributed by atoms with Crippen molar-refractivity contribution in [3.63, 3.8) is 0 Å². The molecule has 0 unspecified atom stereocenters. The van der Waals surface area contributed by atoms with Crippen LogP contribution in [0.3, 0.4) is 0 Å². The summed E-state index contributed by atoms with van der Waals surface area (Å²) in [7, 11) is 1.97. The summed E-state index contributed by atoms with van der Waals surface area (Å²) < 4.78 is 1.19. The number of amides is 1. The number of aromatic nitrogens is 1. The molecule has 0 aliphatic carbocycles. The lowest BCUT2D eigenvalue weighted by atomic mass is 10.0. The smallest absolute Gasteiger partial charge is 0.234 e. The Kier molecular flexibility index (Phi) is 5.19. The summed E-state index contributed by atoms with van der Waals surface area (Å²) in [5.41, 5.74) is 0.871. The summed E-state index contributed by atoms with van der Waals surface area (Å²) in [5.74, 6) is 0.0577. The Balaban J connectivity index is 2.02. The van der Waals surface area contributed by atoms with Gasteiger partial charge in [-0.05, 0) is 46.4 Å². The van der Waals surface area contributed by atoms with E-state index < -0.39 is 0 Å². The van der Waals surface area contributed by atoms with E-state index in [4.69, 9.17) is 0 Å². The Bertz CT molecular complexity index is 617. The number of hydrogen-bond donors (Lipinski definition) is 1. The Morgan fingerprint density at radius 3 is 2.73 bits per heavy atom. The number of carbonyl (C=O) groups excluding carboxylic acids is 1. The van der Waals surface area contributed by atoms with E-state index in [1.165, 1.54) is 4.70 Å². The number of thiazole rings is 1. The van der Waals surface area contributed by atoms with Gasteiger partial charge in [-0.2, -0.15) is 0 Å². The maximum absolute atomic E-state index is 12.2. The second kappa shape index (κ2) is 6.75. The second-order valence-corrected chi connectivity index (χ2v) is 7.46. The van der Waals surface area contributed by atoms with Crippen molar-refractivity contribution in [2.45, 2.75) is 45.7 Å². The van der Waals surface area contributed by atoms with Crippen LogP contribution >= 0.6 is 11.3 Å². The molecule has 1 N–H and O–H groups in total. The fraction of sp³-hybridized carbons (Fsp3) is 0.529. The van der Waals surface area contributed by atoms with Crippen LogP contribution in [0, 0.1) is 0 Å². The molecule has 2 rings (SSSR count). The van der Waals surface area contributed by atoms with E-state index in [1.807, 2.05) is 44.0 Å². The third kappa shape index (κ3) is 4.05. The highest BCUT2D eigenvalue weighted by Crippen LogP contribution is 2.28. The molecule has 5 heteroatoms. The lowest BCUT2D eigenvalue weighted by molar-refractivity contribution is -0.124. The average molecular weight is 319 g/mol. The zero-order valence-electron chi connectivity index (χ0n) is 14.0. The Morgan fingerprint density at radius 2 is 2.09 bits per heavy atom. The predicted molar refractivity (Wildman–Crippen MR) is 93.2 cm³/mol. The third-order valence-corrected chi connectivity index (χ3v) is 5.29. The third-order valence-electron chi connectivity index (χ3n) is 4.08. The predicted octanol–water partition coefficient (Wildman–Crippen LogP) is 3.59. The van der Waals surface area contributed by atoms with E-state index in [0.717, 1.165) is 16.9 Å². The highest BCUT2D eigenvalue weighted by atomic mass is 32.1. The van der Waals surface area contributed by atoms with Crippen molar-refractivity contribution in [1.29, 1.82) is 0 Å². The number of likely N-dealkylation sites (N-methyl/N-ethyl adjacent to an activating group) is 1. The first kappa shape index (κ1) is 16.9. The monoisotopic (exact) mass is 319 g/mol. The second-order valence-electron chi connectivity index (χ2n) is 6.40. The minimum Gasteiger partial charge on any atom is -0.350 e. The molecule has 0 aliphatic heterocycles. The molecule has 4 nitrogen and oxygen atoms in total. The number of carbonyl (C=O) groups is 1. The van der Waals surface area contributed by atoms with Gasteiger partial charge in [0.05, 0.1) is 22.8 Å². The first-order chi connectivity index (χ1) is 10.3. The number of benzene rings is 1. The SMILES string of the molecule is CCC(C)(C)NC(=O)CN(C)[C@H](C)c1nc2ccccc2s1. The van der Waals surface area contributed by atoms with Crippen LogP contribution in [0.1, 0.15) is 45.2 Å². The Hall–Kier alpha value is -1.46. The van der Waals surface area contributed by atoms with Crippen LogP contribution in [0.25, 0.3) is 10.2 Å². The summed E-state index contributed by atoms with van der Waals surface area (Å²) in [6, 6.07) is 8.25. The van der Waals surface area contributed by atoms with Gasteiger partial charge in [0.2, 0.25) is 5.91 Å². The van der Waals surface area contributed by atoms with Gasteiger partial charge in [-0.25, -0.2) is 4.98 Å². The molecule has 0 radical (unpaired) electrons. The number of hydrogen-bond acceptors (Lipinski definition) is 4. The van der Waals surface area contributed by atoms with E-state index in [1.54, 1.807) is 11.3 Å². The van der Waals surface area contributed by atoms with Crippen LogP contribution in [0.15, 0.2) is 24.3 Å². The summed E-state index contributed by atoms with van der Waals surface area (Å²) in [6.07, 6.45) is 0.913. The van der Waals surface area contributed by atoms with Crippen molar-refractivity contribution >= 4 is 27.5 Å². The molecule has 1 atom stereocenters. The molecular formula is C17H25N3OS. The molecule has 0 saturated carbocycles. The number of nitrogens with one attached hydrogen (secondary N) is 1. The van der Waals surface area contributed by atoms with Gasteiger partial charge in [-0.3, -0.25) is 9.69 Å². The molecule has 120 valence electrons. The van der Waals surface area contributed by atoms with Crippen molar-refractivity contribution in [2.24, 2.45) is 0 Å². The quantitative estimate of drug-likeness (QED) is 0.885. The van der Waals surface area contributed by atoms with Gasteiger partial charge in [0.1, 0.15) is 5.01 Å². The molecule has 1 amide bonds. The Morgan fingerprint density at radius 1 is 1.41 bits per heavy atom. The molecule has 0 spiro atoms. The largest absolute Gasteiger partial charge is 0.350 e. The van der Waals surface area contributed by atoms with Crippen LogP contribution in [0.5, 0.6) is 0 Å². The van der Waals surface area contributed by atoms with E-state index in [9.17, 15) is 4.79 Å². The first-order valence-corrected chi connectivity index (χ1v) is 8.51. The lowest BCUT2D eigenvalue weighted by Crippen LogP contribution is -2.47. The van der Waals surface area contributed by atoms with Crippen LogP contribution in [-0.2, 0) is 4.79 Å². The average Bonchev–Trinajstić information content (AvgIpc) is 2.89. The van der Waals surface area contributed by atoms with Crippen molar-refractivity contribution < 1.29 is 4.79 Å². The summed E-state index contributed by atoms with van der Waals surface area (Å²) >= 11 is 1.69. The standard InChI is InChI=1S/C17H25N3OS/c1-6-17(3,4)19-15(21)11-20(5)12(2)16-18-13-9-7-8-10-14(13)22-16/h7-10,12H,6,11H2,1-5H3,(H,19,21)/t12-/m1/s1. The van der Waals surface area contributed by atoms with Gasteiger partial charge >= 0.3 is 0 Å². The molecule has 2 aromatic rings. The maximum Gasteiger partial charge on any atom is 0.234 e. The topological polar surface area (TPSA) is 45.2 Å². The minimum absolute atomic E-state index is 0.0577. The van der Waals surface area contributed by atoms with Gasteiger partial charge in [-0.15, -0.1) is 11.3 Å². The fourth-order valence-corrected chi connectivity index (χ4v) is 3.21. The molecule has 1 aromatic carbocycles. The van der Waals surface area contributed by atoms with Gasteiger partial charge in [-0.1, -0.05) is 19.1 Å². The van der Waals surface area contributed by atoms with Crippen molar-refractivity contribution in [3.8, 4) is 0 Å². The van der Waals surface area contributed by atoms with E-state index in [2.05, 4.69) is 30.2 Å². The van der Waals surface area contributed by atoms with Gasteiger partial charge in [0.15, 0.2) is 0 Å². The molecule has 0 fully saturated rings. The normalized spacial score (nSPS) is 13.5. The first-order valence-electron chi connectivity index (χ1n) is 7.69.